The average molecular weight is 907 g/mol. The molecule has 0 N–H and O–H groups in total. The summed E-state index contributed by atoms with van der Waals surface area (Å²) in [5.41, 5.74) is 20.6. The molecule has 11 aromatic carbocycles. The monoisotopic (exact) mass is 906 g/mol. The number of hydrogen-bond donors (Lipinski definition) is 0. The van der Waals surface area contributed by atoms with E-state index in [0.29, 0.717) is 0 Å². The molecule has 0 amide bonds. The molecule has 0 fully saturated rings. The highest BCUT2D eigenvalue weighted by atomic mass is 15.1. The number of para-hydroxylation sites is 3. The average Bonchev–Trinajstić information content (AvgIpc) is 3.89. The molecule has 0 saturated heterocycles. The van der Waals surface area contributed by atoms with E-state index in [0.717, 1.165) is 28.3 Å². The normalized spacial score (nSPS) is 12.7. The number of hydrogen-bond acceptors (Lipinski definition) is 1. The van der Waals surface area contributed by atoms with E-state index in [9.17, 15) is 0 Å². The Labute approximate surface area is 415 Å². The summed E-state index contributed by atoms with van der Waals surface area (Å²) in [5.74, 6) is 0. The first-order valence-electron chi connectivity index (χ1n) is 24.7. The van der Waals surface area contributed by atoms with Crippen LogP contribution in [0.2, 0.25) is 0 Å². The molecule has 13 rings (SSSR count). The Balaban J connectivity index is 0.820. The summed E-state index contributed by atoms with van der Waals surface area (Å²) in [6, 6.07) is 93.0. The van der Waals surface area contributed by atoms with Crippen molar-refractivity contribution < 1.29 is 0 Å². The van der Waals surface area contributed by atoms with E-state index >= 15 is 0 Å². The zero-order valence-electron chi connectivity index (χ0n) is 39.8. The molecule has 0 aliphatic heterocycles. The van der Waals surface area contributed by atoms with Gasteiger partial charge in [-0.25, -0.2) is 0 Å². The minimum absolute atomic E-state index is 0.213. The molecule has 1 heterocycles. The molecule has 1 aliphatic rings. The molecular formula is C69H50N2. The van der Waals surface area contributed by atoms with Crippen LogP contribution in [0.5, 0.6) is 0 Å². The van der Waals surface area contributed by atoms with E-state index in [1.165, 1.54) is 93.8 Å². The van der Waals surface area contributed by atoms with Crippen molar-refractivity contribution in [3.8, 4) is 50.3 Å². The maximum absolute atomic E-state index is 2.49. The van der Waals surface area contributed by atoms with Gasteiger partial charge < -0.3 is 9.47 Å². The smallest absolute Gasteiger partial charge is 0.0619 e. The zero-order valence-corrected chi connectivity index (χ0v) is 39.8. The van der Waals surface area contributed by atoms with E-state index in [-0.39, 0.29) is 5.41 Å². The van der Waals surface area contributed by atoms with Crippen LogP contribution in [0.15, 0.2) is 255 Å². The minimum atomic E-state index is -0.213. The largest absolute Gasteiger partial charge is 0.311 e. The number of rotatable bonds is 9. The molecule has 2 nitrogen and oxygen atoms in total. The fourth-order valence-electron chi connectivity index (χ4n) is 11.2. The molecular weight excluding hydrogens is 857 g/mol. The molecule has 0 unspecified atom stereocenters. The van der Waals surface area contributed by atoms with Crippen molar-refractivity contribution in [1.82, 2.24) is 4.57 Å². The van der Waals surface area contributed by atoms with Crippen molar-refractivity contribution >= 4 is 61.7 Å². The summed E-state index contributed by atoms with van der Waals surface area (Å²) >= 11 is 0. The second-order valence-corrected chi connectivity index (χ2v) is 19.3. The third kappa shape index (κ3) is 7.35. The van der Waals surface area contributed by atoms with Crippen molar-refractivity contribution in [2.24, 2.45) is 0 Å². The van der Waals surface area contributed by atoms with Gasteiger partial charge >= 0.3 is 0 Å². The molecule has 0 spiro atoms. The van der Waals surface area contributed by atoms with Crippen LogP contribution in [0.1, 0.15) is 36.1 Å². The zero-order chi connectivity index (χ0) is 47.5. The lowest BCUT2D eigenvalue weighted by Gasteiger charge is -2.25. The quantitative estimate of drug-likeness (QED) is 0.103. The van der Waals surface area contributed by atoms with Gasteiger partial charge in [-0.15, -0.1) is 0 Å². The van der Waals surface area contributed by atoms with Gasteiger partial charge in [-0.1, -0.05) is 202 Å². The number of nitrogens with zero attached hydrogens (tertiary/aromatic N) is 2. The van der Waals surface area contributed by atoms with E-state index in [2.05, 4.69) is 290 Å². The molecule has 71 heavy (non-hydrogen) atoms. The highest BCUT2D eigenvalue weighted by Crippen LogP contribution is 2.53. The number of benzene rings is 11. The molecule has 0 atom stereocenters. The lowest BCUT2D eigenvalue weighted by molar-refractivity contribution is 0.661. The second-order valence-electron chi connectivity index (χ2n) is 19.3. The van der Waals surface area contributed by atoms with Gasteiger partial charge in [0.15, 0.2) is 0 Å². The van der Waals surface area contributed by atoms with Crippen molar-refractivity contribution in [2.45, 2.75) is 19.3 Å². The molecule has 1 aromatic heterocycles. The standard InChI is InChI=1S/C69H50N2/c1-69(2)64-44-52(36-41-61(64)62-45-63-66(46-65(62)69)71(57-26-16-7-17-27-57)68(50-20-10-4-11-21-50)67(63)49-18-8-3-9-19-49)51-35-40-60-54(43-51)34-33-53-42-48(32-39-59(53)60)29-28-47-30-37-58(38-31-47)70(55-22-12-5-13-23-55)56-24-14-6-15-25-56/h3-46H,1-2H3/b29-28+. The van der Waals surface area contributed by atoms with Crippen LogP contribution in [0, 0.1) is 0 Å². The molecule has 1 aliphatic carbocycles. The van der Waals surface area contributed by atoms with Gasteiger partial charge in [0.2, 0.25) is 0 Å². The molecule has 12 aromatic rings. The summed E-state index contributed by atoms with van der Waals surface area (Å²) in [6.45, 7) is 4.80. The van der Waals surface area contributed by atoms with E-state index < -0.39 is 0 Å². The predicted octanol–water partition coefficient (Wildman–Crippen LogP) is 18.9. The maximum atomic E-state index is 2.49. The van der Waals surface area contributed by atoms with Crippen molar-refractivity contribution in [2.75, 3.05) is 4.90 Å². The second kappa shape index (κ2) is 17.2. The molecule has 0 radical (unpaired) electrons. The number of anilines is 3. The van der Waals surface area contributed by atoms with E-state index in [1.807, 2.05) is 0 Å². The van der Waals surface area contributed by atoms with Gasteiger partial charge in [-0.2, -0.15) is 0 Å². The van der Waals surface area contributed by atoms with Crippen LogP contribution in [0.25, 0.3) is 94.9 Å². The van der Waals surface area contributed by atoms with Gasteiger partial charge in [0, 0.05) is 39.1 Å². The van der Waals surface area contributed by atoms with Crippen molar-refractivity contribution in [3.05, 3.63) is 277 Å². The minimum Gasteiger partial charge on any atom is -0.311 e. The summed E-state index contributed by atoms with van der Waals surface area (Å²) in [4.78, 5) is 2.29. The Morgan fingerprint density at radius 1 is 0.366 bits per heavy atom. The summed E-state index contributed by atoms with van der Waals surface area (Å²) in [7, 11) is 0. The maximum Gasteiger partial charge on any atom is 0.0619 e. The number of aromatic nitrogens is 1. The summed E-state index contributed by atoms with van der Waals surface area (Å²) in [6.07, 6.45) is 4.42. The van der Waals surface area contributed by atoms with Crippen LogP contribution in [0.4, 0.5) is 17.1 Å². The van der Waals surface area contributed by atoms with Crippen molar-refractivity contribution in [1.29, 1.82) is 0 Å². The molecule has 2 heteroatoms. The summed E-state index contributed by atoms with van der Waals surface area (Å²) in [5, 5.41) is 6.27. The highest BCUT2D eigenvalue weighted by molar-refractivity contribution is 6.10. The fourth-order valence-corrected chi connectivity index (χ4v) is 11.2. The summed E-state index contributed by atoms with van der Waals surface area (Å²) < 4.78 is 2.49. The Morgan fingerprint density at radius 3 is 1.54 bits per heavy atom. The van der Waals surface area contributed by atoms with Crippen LogP contribution in [0.3, 0.4) is 0 Å². The Bertz CT molecular complexity index is 3920. The number of fused-ring (bicyclic) bond motifs is 7. The van der Waals surface area contributed by atoms with E-state index in [4.69, 9.17) is 0 Å². The van der Waals surface area contributed by atoms with Crippen molar-refractivity contribution in [3.63, 3.8) is 0 Å². The Morgan fingerprint density at radius 2 is 0.873 bits per heavy atom. The SMILES string of the molecule is CC1(C)c2cc(-c3ccc4c(ccc5cc(/C=C/c6ccc(N(c7ccccc7)c7ccccc7)cc6)ccc54)c3)ccc2-c2cc3c(-c4ccccc4)c(-c4ccccc4)n(-c4ccccc4)c3cc21. The molecule has 336 valence electrons. The van der Waals surface area contributed by atoms with Gasteiger partial charge in [0.05, 0.1) is 11.2 Å². The predicted molar refractivity (Wildman–Crippen MR) is 302 cm³/mol. The molecule has 0 bridgehead atoms. The first kappa shape index (κ1) is 42.1. The first-order chi connectivity index (χ1) is 35.0. The van der Waals surface area contributed by atoms with Gasteiger partial charge in [0.25, 0.3) is 0 Å². The first-order valence-corrected chi connectivity index (χ1v) is 24.7. The van der Waals surface area contributed by atoms with E-state index in [1.54, 1.807) is 0 Å². The van der Waals surface area contributed by atoms with Crippen LogP contribution < -0.4 is 4.90 Å². The fraction of sp³-hybridized carbons (Fsp3) is 0.0435. The highest BCUT2D eigenvalue weighted by Gasteiger charge is 2.37. The lowest BCUT2D eigenvalue weighted by Crippen LogP contribution is -2.15. The Kier molecular flexibility index (Phi) is 10.2. The third-order valence-electron chi connectivity index (χ3n) is 14.7. The molecule has 0 saturated carbocycles. The van der Waals surface area contributed by atoms with Gasteiger partial charge in [-0.3, -0.25) is 0 Å². The van der Waals surface area contributed by atoms with Gasteiger partial charge in [-0.05, 0) is 156 Å². The topological polar surface area (TPSA) is 8.17 Å². The Hall–Kier alpha value is -8.98. The van der Waals surface area contributed by atoms with Crippen LogP contribution >= 0.6 is 0 Å². The van der Waals surface area contributed by atoms with Crippen LogP contribution in [-0.2, 0) is 5.41 Å². The van der Waals surface area contributed by atoms with Gasteiger partial charge in [0.1, 0.15) is 0 Å². The lowest BCUT2D eigenvalue weighted by atomic mass is 9.81. The van der Waals surface area contributed by atoms with Crippen LogP contribution in [-0.4, -0.2) is 4.57 Å². The third-order valence-corrected chi connectivity index (χ3v) is 14.7.